The predicted molar refractivity (Wildman–Crippen MR) is 59.7 cm³/mol. The average Bonchev–Trinajstić information content (AvgIpc) is 1.79. The van der Waals surface area contributed by atoms with E-state index < -0.39 is 0 Å². The Morgan fingerprint density at radius 1 is 1.15 bits per heavy atom. The van der Waals surface area contributed by atoms with Crippen molar-refractivity contribution in [1.82, 2.24) is 0 Å². The molecule has 1 aliphatic rings. The molecule has 1 rings (SSSR count). The molecule has 0 aromatic rings. The van der Waals surface area contributed by atoms with E-state index in [2.05, 4.69) is 47.6 Å². The van der Waals surface area contributed by atoms with Crippen molar-refractivity contribution in [3.63, 3.8) is 0 Å². The molecule has 0 amide bonds. The fraction of sp³-hybridized carbons (Fsp3) is 0.846. The molecular formula is C13H24. The van der Waals surface area contributed by atoms with Crippen molar-refractivity contribution >= 4 is 0 Å². The Hall–Kier alpha value is -0.260. The van der Waals surface area contributed by atoms with E-state index in [0.29, 0.717) is 10.8 Å². The summed E-state index contributed by atoms with van der Waals surface area (Å²) in [5.41, 5.74) is 2.56. The van der Waals surface area contributed by atoms with Crippen molar-refractivity contribution in [3.8, 4) is 0 Å². The molecular weight excluding hydrogens is 156 g/mol. The van der Waals surface area contributed by atoms with Crippen molar-refractivity contribution in [1.29, 1.82) is 0 Å². The molecule has 0 radical (unpaired) electrons. The predicted octanol–water partition coefficient (Wildman–Crippen LogP) is 4.42. The molecule has 0 N–H and O–H groups in total. The van der Waals surface area contributed by atoms with E-state index in [4.69, 9.17) is 0 Å². The van der Waals surface area contributed by atoms with Crippen molar-refractivity contribution < 1.29 is 0 Å². The van der Waals surface area contributed by atoms with E-state index >= 15 is 0 Å². The first-order chi connectivity index (χ1) is 5.72. The lowest BCUT2D eigenvalue weighted by Crippen LogP contribution is -2.28. The smallest absolute Gasteiger partial charge is 0.0167 e. The quantitative estimate of drug-likeness (QED) is 0.524. The normalized spacial score (nSPS) is 25.9. The zero-order valence-electron chi connectivity index (χ0n) is 10.1. The molecule has 0 saturated carbocycles. The van der Waals surface area contributed by atoms with Gasteiger partial charge in [0.1, 0.15) is 0 Å². The molecule has 0 nitrogen and oxygen atoms in total. The summed E-state index contributed by atoms with van der Waals surface area (Å²) in [6, 6.07) is 0. The van der Waals surface area contributed by atoms with E-state index in [1.54, 1.807) is 5.57 Å². The highest BCUT2D eigenvalue weighted by Crippen LogP contribution is 2.45. The van der Waals surface area contributed by atoms with Crippen LogP contribution in [0.5, 0.6) is 0 Å². The highest BCUT2D eigenvalue weighted by Gasteiger charge is 2.33. The minimum Gasteiger partial charge on any atom is -0.0794 e. The standard InChI is InChI=1S/C13H24/c1-10(2)11-7-12(3,4)9-13(5,6)8-11/h7,10H,8-9H2,1-6H3. The number of hydrogen-bond acceptors (Lipinski definition) is 0. The van der Waals surface area contributed by atoms with Crippen molar-refractivity contribution in [2.24, 2.45) is 16.7 Å². The largest absolute Gasteiger partial charge is 0.0794 e. The third kappa shape index (κ3) is 2.86. The van der Waals surface area contributed by atoms with Crippen LogP contribution in [0.25, 0.3) is 0 Å². The van der Waals surface area contributed by atoms with Gasteiger partial charge in [-0.05, 0) is 29.6 Å². The van der Waals surface area contributed by atoms with Gasteiger partial charge in [-0.25, -0.2) is 0 Å². The molecule has 13 heavy (non-hydrogen) atoms. The maximum Gasteiger partial charge on any atom is -0.0167 e. The van der Waals surface area contributed by atoms with Gasteiger partial charge in [0.25, 0.3) is 0 Å². The molecule has 0 aromatic carbocycles. The van der Waals surface area contributed by atoms with Crippen LogP contribution in [0.2, 0.25) is 0 Å². The minimum atomic E-state index is 0.404. The topological polar surface area (TPSA) is 0 Å². The van der Waals surface area contributed by atoms with Crippen LogP contribution in [0.4, 0.5) is 0 Å². The fourth-order valence-corrected chi connectivity index (χ4v) is 2.82. The number of hydrogen-bond donors (Lipinski definition) is 0. The summed E-state index contributed by atoms with van der Waals surface area (Å²) in [6.45, 7) is 14.1. The SMILES string of the molecule is CC(C)C1=CC(C)(C)CC(C)(C)C1. The molecule has 0 fully saturated rings. The summed E-state index contributed by atoms with van der Waals surface area (Å²) in [4.78, 5) is 0. The molecule has 0 aromatic heterocycles. The van der Waals surface area contributed by atoms with E-state index in [1.807, 2.05) is 0 Å². The van der Waals surface area contributed by atoms with E-state index in [-0.39, 0.29) is 0 Å². The molecule has 0 bridgehead atoms. The third-order valence-corrected chi connectivity index (χ3v) is 2.93. The van der Waals surface area contributed by atoms with Gasteiger partial charge < -0.3 is 0 Å². The van der Waals surface area contributed by atoms with Gasteiger partial charge in [-0.2, -0.15) is 0 Å². The first kappa shape index (κ1) is 10.8. The second-order valence-corrected chi connectivity index (χ2v) is 6.38. The fourth-order valence-electron chi connectivity index (χ4n) is 2.82. The van der Waals surface area contributed by atoms with E-state index in [9.17, 15) is 0 Å². The molecule has 1 aliphatic carbocycles. The lowest BCUT2D eigenvalue weighted by Gasteiger charge is -2.40. The van der Waals surface area contributed by atoms with Gasteiger partial charge in [0, 0.05) is 0 Å². The summed E-state index contributed by atoms with van der Waals surface area (Å²) in [6.07, 6.45) is 5.10. The first-order valence-corrected chi connectivity index (χ1v) is 5.43. The van der Waals surface area contributed by atoms with Gasteiger partial charge >= 0.3 is 0 Å². The first-order valence-electron chi connectivity index (χ1n) is 5.43. The molecule has 0 saturated heterocycles. The second kappa shape index (κ2) is 3.15. The van der Waals surface area contributed by atoms with Crippen LogP contribution in [0.15, 0.2) is 11.6 Å². The Morgan fingerprint density at radius 2 is 1.69 bits per heavy atom. The lowest BCUT2D eigenvalue weighted by molar-refractivity contribution is 0.208. The molecule has 0 atom stereocenters. The molecule has 0 heteroatoms. The molecule has 0 unspecified atom stereocenters. The van der Waals surface area contributed by atoms with Crippen LogP contribution in [0.1, 0.15) is 54.4 Å². The molecule has 0 heterocycles. The van der Waals surface area contributed by atoms with Crippen LogP contribution in [0, 0.1) is 16.7 Å². The number of allylic oxidation sites excluding steroid dienone is 2. The van der Waals surface area contributed by atoms with Crippen molar-refractivity contribution in [2.75, 3.05) is 0 Å². The minimum absolute atomic E-state index is 0.404. The van der Waals surface area contributed by atoms with Crippen molar-refractivity contribution in [3.05, 3.63) is 11.6 Å². The summed E-state index contributed by atoms with van der Waals surface area (Å²) in [7, 11) is 0. The van der Waals surface area contributed by atoms with Gasteiger partial charge in [0.15, 0.2) is 0 Å². The van der Waals surface area contributed by atoms with Gasteiger partial charge in [-0.3, -0.25) is 0 Å². The molecule has 76 valence electrons. The third-order valence-electron chi connectivity index (χ3n) is 2.93. The van der Waals surface area contributed by atoms with Crippen molar-refractivity contribution in [2.45, 2.75) is 54.4 Å². The summed E-state index contributed by atoms with van der Waals surface area (Å²) < 4.78 is 0. The van der Waals surface area contributed by atoms with E-state index in [0.717, 1.165) is 5.92 Å². The molecule has 0 aliphatic heterocycles. The Bertz CT molecular complexity index is 216. The highest BCUT2D eigenvalue weighted by molar-refractivity contribution is 5.16. The van der Waals surface area contributed by atoms with Gasteiger partial charge in [-0.15, -0.1) is 0 Å². The maximum absolute atomic E-state index is 2.50. The van der Waals surface area contributed by atoms with Gasteiger partial charge in [-0.1, -0.05) is 53.2 Å². The Kier molecular flexibility index (Phi) is 2.62. The summed E-state index contributed by atoms with van der Waals surface area (Å²) >= 11 is 0. The molecule has 0 spiro atoms. The van der Waals surface area contributed by atoms with Crippen LogP contribution in [-0.4, -0.2) is 0 Å². The zero-order chi connectivity index (χ0) is 10.3. The van der Waals surface area contributed by atoms with Crippen LogP contribution in [-0.2, 0) is 0 Å². The van der Waals surface area contributed by atoms with Gasteiger partial charge in [0.2, 0.25) is 0 Å². The highest BCUT2D eigenvalue weighted by atomic mass is 14.4. The maximum atomic E-state index is 2.50. The Labute approximate surface area is 83.4 Å². The van der Waals surface area contributed by atoms with E-state index in [1.165, 1.54) is 12.8 Å². The Morgan fingerprint density at radius 3 is 2.08 bits per heavy atom. The Balaban J connectivity index is 2.93. The second-order valence-electron chi connectivity index (χ2n) is 6.38. The zero-order valence-corrected chi connectivity index (χ0v) is 10.1. The monoisotopic (exact) mass is 180 g/mol. The number of rotatable bonds is 1. The lowest BCUT2D eigenvalue weighted by atomic mass is 9.65. The summed E-state index contributed by atoms with van der Waals surface area (Å²) in [5, 5.41) is 0. The average molecular weight is 180 g/mol. The van der Waals surface area contributed by atoms with Crippen LogP contribution in [0.3, 0.4) is 0 Å². The van der Waals surface area contributed by atoms with Gasteiger partial charge in [0.05, 0.1) is 0 Å². The summed E-state index contributed by atoms with van der Waals surface area (Å²) in [5.74, 6) is 0.721. The van der Waals surface area contributed by atoms with Crippen LogP contribution >= 0.6 is 0 Å². The van der Waals surface area contributed by atoms with Crippen LogP contribution < -0.4 is 0 Å².